The van der Waals surface area contributed by atoms with Crippen LogP contribution in [-0.2, 0) is 21.5 Å². The van der Waals surface area contributed by atoms with Crippen LogP contribution >= 0.6 is 11.6 Å². The number of carbonyl (C=O) groups is 1. The van der Waals surface area contributed by atoms with Crippen molar-refractivity contribution in [3.05, 3.63) is 64.9 Å². The first-order valence-corrected chi connectivity index (χ1v) is 11.1. The average molecular weight is 440 g/mol. The van der Waals surface area contributed by atoms with Crippen molar-refractivity contribution in [3.8, 4) is 0 Å². The lowest BCUT2D eigenvalue weighted by Gasteiger charge is -2.33. The molecule has 0 atom stereocenters. The molecule has 0 bridgehead atoms. The molecule has 1 aliphatic rings. The van der Waals surface area contributed by atoms with Crippen LogP contribution in [-0.4, -0.2) is 43.1 Å². The number of hydrogen-bond acceptors (Lipinski definition) is 3. The maximum Gasteiger partial charge on any atom is 0.282 e. The summed E-state index contributed by atoms with van der Waals surface area (Å²) < 4.78 is 42.1. The predicted octanol–water partition coefficient (Wildman–Crippen LogP) is 3.51. The minimum Gasteiger partial charge on any atom is -0.326 e. The summed E-state index contributed by atoms with van der Waals surface area (Å²) in [5, 5.41) is 3.04. The van der Waals surface area contributed by atoms with Crippen molar-refractivity contribution in [1.82, 2.24) is 8.61 Å². The van der Waals surface area contributed by atoms with Crippen molar-refractivity contribution in [3.63, 3.8) is 0 Å². The van der Waals surface area contributed by atoms with E-state index in [1.165, 1.54) is 29.6 Å². The summed E-state index contributed by atoms with van der Waals surface area (Å²) in [5.41, 5.74) is 0.853. The van der Waals surface area contributed by atoms with E-state index in [-0.39, 0.29) is 42.0 Å². The van der Waals surface area contributed by atoms with Gasteiger partial charge in [0.1, 0.15) is 5.82 Å². The van der Waals surface area contributed by atoms with Gasteiger partial charge in [0.25, 0.3) is 10.2 Å². The second-order valence-electron chi connectivity index (χ2n) is 6.99. The van der Waals surface area contributed by atoms with Gasteiger partial charge in [-0.3, -0.25) is 4.79 Å². The average Bonchev–Trinajstić information content (AvgIpc) is 2.71. The van der Waals surface area contributed by atoms with E-state index < -0.39 is 16.0 Å². The number of amides is 1. The fourth-order valence-electron chi connectivity index (χ4n) is 3.30. The second kappa shape index (κ2) is 9.21. The van der Waals surface area contributed by atoms with Gasteiger partial charge in [0.05, 0.1) is 0 Å². The molecular weight excluding hydrogens is 417 g/mol. The number of halogens is 2. The molecule has 29 heavy (non-hydrogen) atoms. The van der Waals surface area contributed by atoms with Crippen molar-refractivity contribution < 1.29 is 17.6 Å². The van der Waals surface area contributed by atoms with Crippen molar-refractivity contribution in [1.29, 1.82) is 0 Å². The molecule has 0 radical (unpaired) electrons. The number of para-hydroxylation sites is 1. The Bertz CT molecular complexity index is 944. The molecule has 0 aliphatic carbocycles. The summed E-state index contributed by atoms with van der Waals surface area (Å²) in [4.78, 5) is 12.4. The maximum absolute atomic E-state index is 14.0. The SMILES string of the molecule is CN(Cc1c(F)cccc1Cl)S(=O)(=O)N1CCC(C(=O)Nc2ccccc2)CC1. The summed E-state index contributed by atoms with van der Waals surface area (Å²) in [6.07, 6.45) is 0.846. The maximum atomic E-state index is 14.0. The summed E-state index contributed by atoms with van der Waals surface area (Å²) >= 11 is 6.01. The summed E-state index contributed by atoms with van der Waals surface area (Å²) in [7, 11) is -2.40. The Labute approximate surface area is 175 Å². The molecule has 1 saturated heterocycles. The standard InChI is InChI=1S/C20H23ClFN3O3S/c1-24(14-17-18(21)8-5-9-19(17)22)29(27,28)25-12-10-15(11-13-25)20(26)23-16-6-3-2-4-7-16/h2-9,15H,10-14H2,1H3,(H,23,26). The normalized spacial score (nSPS) is 16.1. The largest absolute Gasteiger partial charge is 0.326 e. The summed E-state index contributed by atoms with van der Waals surface area (Å²) in [6.45, 7) is 0.289. The van der Waals surface area contributed by atoms with Gasteiger partial charge in [-0.2, -0.15) is 17.0 Å². The highest BCUT2D eigenvalue weighted by atomic mass is 35.5. The highest BCUT2D eigenvalue weighted by molar-refractivity contribution is 7.86. The Morgan fingerprint density at radius 2 is 1.83 bits per heavy atom. The van der Waals surface area contributed by atoms with Crippen LogP contribution in [0, 0.1) is 11.7 Å². The van der Waals surface area contributed by atoms with Gasteiger partial charge in [0, 0.05) is 48.9 Å². The van der Waals surface area contributed by atoms with Crippen LogP contribution < -0.4 is 5.32 Å². The Kier molecular flexibility index (Phi) is 6.89. The van der Waals surface area contributed by atoms with Gasteiger partial charge in [-0.25, -0.2) is 4.39 Å². The number of piperidine rings is 1. The first-order valence-electron chi connectivity index (χ1n) is 9.29. The van der Waals surface area contributed by atoms with Crippen LogP contribution in [0.5, 0.6) is 0 Å². The number of nitrogens with zero attached hydrogens (tertiary/aromatic N) is 2. The first-order chi connectivity index (χ1) is 13.8. The van der Waals surface area contributed by atoms with Gasteiger partial charge >= 0.3 is 0 Å². The van der Waals surface area contributed by atoms with Gasteiger partial charge in [0.15, 0.2) is 0 Å². The molecule has 1 N–H and O–H groups in total. The number of benzene rings is 2. The Hall–Kier alpha value is -2.00. The second-order valence-corrected chi connectivity index (χ2v) is 9.44. The fraction of sp³-hybridized carbons (Fsp3) is 0.350. The minimum absolute atomic E-state index is 0.111. The zero-order valence-corrected chi connectivity index (χ0v) is 17.6. The molecule has 3 rings (SSSR count). The van der Waals surface area contributed by atoms with Crippen molar-refractivity contribution in [2.75, 3.05) is 25.5 Å². The Balaban J connectivity index is 1.59. The molecule has 1 fully saturated rings. The number of carbonyl (C=O) groups excluding carboxylic acids is 1. The van der Waals surface area contributed by atoms with E-state index >= 15 is 0 Å². The van der Waals surface area contributed by atoms with E-state index in [9.17, 15) is 17.6 Å². The lowest BCUT2D eigenvalue weighted by Crippen LogP contribution is -2.47. The smallest absolute Gasteiger partial charge is 0.282 e. The van der Waals surface area contributed by atoms with E-state index in [4.69, 9.17) is 11.6 Å². The van der Waals surface area contributed by atoms with Gasteiger partial charge < -0.3 is 5.32 Å². The lowest BCUT2D eigenvalue weighted by atomic mass is 9.97. The molecule has 1 amide bonds. The van der Waals surface area contributed by atoms with Crippen LogP contribution in [0.4, 0.5) is 10.1 Å². The summed E-state index contributed by atoms with van der Waals surface area (Å²) in [6, 6.07) is 13.4. The van der Waals surface area contributed by atoms with E-state index in [1.807, 2.05) is 18.2 Å². The molecule has 2 aromatic rings. The number of rotatable bonds is 6. The molecule has 0 spiro atoms. The Morgan fingerprint density at radius 3 is 2.45 bits per heavy atom. The third-order valence-corrected chi connectivity index (χ3v) is 7.32. The molecule has 6 nitrogen and oxygen atoms in total. The van der Waals surface area contributed by atoms with Gasteiger partial charge in [-0.05, 0) is 37.1 Å². The fourth-order valence-corrected chi connectivity index (χ4v) is 4.88. The molecule has 0 saturated carbocycles. The van der Waals surface area contributed by atoms with Crippen molar-refractivity contribution >= 4 is 33.4 Å². The van der Waals surface area contributed by atoms with E-state index in [2.05, 4.69) is 5.32 Å². The quantitative estimate of drug-likeness (QED) is 0.748. The molecule has 9 heteroatoms. The minimum atomic E-state index is -3.79. The lowest BCUT2D eigenvalue weighted by molar-refractivity contribution is -0.120. The predicted molar refractivity (Wildman–Crippen MR) is 111 cm³/mol. The zero-order chi connectivity index (χ0) is 21.0. The van der Waals surface area contributed by atoms with Crippen LogP contribution in [0.3, 0.4) is 0 Å². The number of anilines is 1. The van der Waals surface area contributed by atoms with Crippen LogP contribution in [0.25, 0.3) is 0 Å². The van der Waals surface area contributed by atoms with Gasteiger partial charge in [-0.1, -0.05) is 35.9 Å². The topological polar surface area (TPSA) is 69.7 Å². The van der Waals surface area contributed by atoms with E-state index in [0.717, 1.165) is 4.31 Å². The molecular formula is C20H23ClFN3O3S. The molecule has 1 heterocycles. The molecule has 0 unspecified atom stereocenters. The van der Waals surface area contributed by atoms with Crippen LogP contribution in [0.15, 0.2) is 48.5 Å². The third kappa shape index (κ3) is 5.14. The van der Waals surface area contributed by atoms with Gasteiger partial charge in [0.2, 0.25) is 5.91 Å². The first kappa shape index (κ1) is 21.7. The molecule has 2 aromatic carbocycles. The highest BCUT2D eigenvalue weighted by Crippen LogP contribution is 2.25. The van der Waals surface area contributed by atoms with E-state index in [1.54, 1.807) is 12.1 Å². The monoisotopic (exact) mass is 439 g/mol. The highest BCUT2D eigenvalue weighted by Gasteiger charge is 2.34. The third-order valence-electron chi connectivity index (χ3n) is 5.03. The molecule has 0 aromatic heterocycles. The summed E-state index contributed by atoms with van der Waals surface area (Å²) in [5.74, 6) is -0.913. The molecule has 156 valence electrons. The zero-order valence-electron chi connectivity index (χ0n) is 16.0. The van der Waals surface area contributed by atoms with Crippen LogP contribution in [0.1, 0.15) is 18.4 Å². The van der Waals surface area contributed by atoms with Crippen molar-refractivity contribution in [2.24, 2.45) is 5.92 Å². The van der Waals surface area contributed by atoms with Gasteiger partial charge in [-0.15, -0.1) is 0 Å². The van der Waals surface area contributed by atoms with Crippen LogP contribution in [0.2, 0.25) is 5.02 Å². The Morgan fingerprint density at radius 1 is 1.17 bits per heavy atom. The van der Waals surface area contributed by atoms with E-state index in [0.29, 0.717) is 18.5 Å². The number of nitrogens with one attached hydrogen (secondary N) is 1. The number of hydrogen-bond donors (Lipinski definition) is 1. The molecule has 1 aliphatic heterocycles. The van der Waals surface area contributed by atoms with Crippen molar-refractivity contribution in [2.45, 2.75) is 19.4 Å².